The minimum absolute atomic E-state index is 0.179. The second-order valence-corrected chi connectivity index (χ2v) is 7.46. The van der Waals surface area contributed by atoms with Crippen molar-refractivity contribution in [2.45, 2.75) is 45.3 Å². The summed E-state index contributed by atoms with van der Waals surface area (Å²) < 4.78 is 11.3. The number of benzene rings is 1. The molecular weight excluding hydrogens is 328 g/mol. The number of rotatable bonds is 3. The lowest BCUT2D eigenvalue weighted by molar-refractivity contribution is 0.0359. The number of amides is 1. The van der Waals surface area contributed by atoms with Crippen molar-refractivity contribution in [2.24, 2.45) is 0 Å². The van der Waals surface area contributed by atoms with Gasteiger partial charge in [0.2, 0.25) is 0 Å². The van der Waals surface area contributed by atoms with Gasteiger partial charge in [-0.3, -0.25) is 4.98 Å². The lowest BCUT2D eigenvalue weighted by Gasteiger charge is -2.23. The second-order valence-electron chi connectivity index (χ2n) is 7.46. The molecule has 2 heterocycles. The van der Waals surface area contributed by atoms with E-state index in [2.05, 4.69) is 22.4 Å². The summed E-state index contributed by atoms with van der Waals surface area (Å²) in [6, 6.07) is 10.3. The van der Waals surface area contributed by atoms with E-state index in [1.54, 1.807) is 0 Å². The van der Waals surface area contributed by atoms with Gasteiger partial charge in [0.15, 0.2) is 0 Å². The Morgan fingerprint density at radius 3 is 2.77 bits per heavy atom. The van der Waals surface area contributed by atoms with E-state index in [9.17, 15) is 4.79 Å². The van der Waals surface area contributed by atoms with Crippen molar-refractivity contribution in [3.63, 3.8) is 0 Å². The fraction of sp³-hybridized carbons (Fsp3) is 0.429. The molecule has 0 saturated carbocycles. The first-order valence-electron chi connectivity index (χ1n) is 9.05. The number of hydrogen-bond donors (Lipinski definition) is 1. The van der Waals surface area contributed by atoms with Gasteiger partial charge in [-0.2, -0.15) is 0 Å². The fourth-order valence-electron chi connectivity index (χ4n) is 3.21. The van der Waals surface area contributed by atoms with Gasteiger partial charge in [0.05, 0.1) is 6.54 Å². The van der Waals surface area contributed by atoms with Crippen molar-refractivity contribution >= 4 is 6.09 Å². The summed E-state index contributed by atoms with van der Waals surface area (Å²) in [6.45, 7) is 6.62. The maximum atomic E-state index is 12.0. The average molecular weight is 354 g/mol. The number of carbonyl (C=O) groups excluding carboxylic acids is 1. The van der Waals surface area contributed by atoms with Gasteiger partial charge in [-0.25, -0.2) is 4.79 Å². The van der Waals surface area contributed by atoms with Gasteiger partial charge in [-0.15, -0.1) is 0 Å². The van der Waals surface area contributed by atoms with Crippen LogP contribution in [0.15, 0.2) is 42.7 Å². The second kappa shape index (κ2) is 7.87. The highest BCUT2D eigenvalue weighted by atomic mass is 16.6. The topological polar surface area (TPSA) is 60.5 Å². The van der Waals surface area contributed by atoms with Gasteiger partial charge in [0.25, 0.3) is 0 Å². The summed E-state index contributed by atoms with van der Waals surface area (Å²) in [7, 11) is 0. The highest BCUT2D eigenvalue weighted by Crippen LogP contribution is 2.33. The standard InChI is InChI=1S/C21H26N2O3/c1-21(2,3)26-20(24)23-14-19-18-7-4-6-16(15-9-11-22-12-10-15)17(18)8-5-13-25-19/h4,6-7,9-12,19H,5,8,13-14H2,1-3H3,(H,23,24)/t19-/m1/s1. The van der Waals surface area contributed by atoms with Crippen LogP contribution in [0.25, 0.3) is 11.1 Å². The van der Waals surface area contributed by atoms with E-state index in [-0.39, 0.29) is 6.10 Å². The normalized spacial score (nSPS) is 17.1. The zero-order chi connectivity index (χ0) is 18.6. The molecule has 138 valence electrons. The number of nitrogens with zero attached hydrogens (tertiary/aromatic N) is 1. The van der Waals surface area contributed by atoms with Gasteiger partial charge in [0.1, 0.15) is 11.7 Å². The molecule has 2 aromatic rings. The highest BCUT2D eigenvalue weighted by Gasteiger charge is 2.23. The first kappa shape index (κ1) is 18.4. The predicted octanol–water partition coefficient (Wildman–Crippen LogP) is 4.28. The van der Waals surface area contributed by atoms with Gasteiger partial charge in [0, 0.05) is 19.0 Å². The molecule has 3 rings (SSSR count). The fourth-order valence-corrected chi connectivity index (χ4v) is 3.21. The molecule has 0 unspecified atom stereocenters. The molecule has 5 nitrogen and oxygen atoms in total. The highest BCUT2D eigenvalue weighted by molar-refractivity contribution is 5.69. The molecular formula is C21H26N2O3. The molecule has 1 amide bonds. The molecule has 1 aromatic carbocycles. The Hall–Kier alpha value is -2.40. The molecule has 1 N–H and O–H groups in total. The maximum absolute atomic E-state index is 12.0. The van der Waals surface area contributed by atoms with Crippen LogP contribution in [-0.2, 0) is 15.9 Å². The van der Waals surface area contributed by atoms with Crippen LogP contribution in [0.5, 0.6) is 0 Å². The molecule has 1 aliphatic heterocycles. The minimum atomic E-state index is -0.513. The van der Waals surface area contributed by atoms with E-state index >= 15 is 0 Å². The third kappa shape index (κ3) is 4.61. The smallest absolute Gasteiger partial charge is 0.407 e. The van der Waals surface area contributed by atoms with Crippen molar-refractivity contribution in [1.82, 2.24) is 10.3 Å². The molecule has 0 aliphatic carbocycles. The number of alkyl carbamates (subject to hydrolysis) is 1. The van der Waals surface area contributed by atoms with Crippen LogP contribution in [-0.4, -0.2) is 29.8 Å². The molecule has 0 bridgehead atoms. The number of hydrogen-bond acceptors (Lipinski definition) is 4. The van der Waals surface area contributed by atoms with Gasteiger partial charge < -0.3 is 14.8 Å². The van der Waals surface area contributed by atoms with Crippen LogP contribution in [0, 0.1) is 0 Å². The molecule has 0 fully saturated rings. The molecule has 0 spiro atoms. The zero-order valence-electron chi connectivity index (χ0n) is 15.6. The maximum Gasteiger partial charge on any atom is 0.407 e. The lowest BCUT2D eigenvalue weighted by atomic mass is 9.91. The Morgan fingerprint density at radius 1 is 1.27 bits per heavy atom. The number of pyridine rings is 1. The molecule has 0 saturated heterocycles. The number of fused-ring (bicyclic) bond motifs is 1. The number of ether oxygens (including phenoxy) is 2. The van der Waals surface area contributed by atoms with Gasteiger partial charge >= 0.3 is 6.09 Å². The van der Waals surface area contributed by atoms with E-state index in [0.717, 1.165) is 24.0 Å². The Morgan fingerprint density at radius 2 is 2.04 bits per heavy atom. The van der Waals surface area contributed by atoms with E-state index in [1.807, 2.05) is 51.4 Å². The van der Waals surface area contributed by atoms with Crippen LogP contribution in [0.1, 0.15) is 44.4 Å². The quantitative estimate of drug-likeness (QED) is 0.894. The van der Waals surface area contributed by atoms with Crippen molar-refractivity contribution in [3.8, 4) is 11.1 Å². The van der Waals surface area contributed by atoms with E-state index in [0.29, 0.717) is 13.2 Å². The third-order valence-corrected chi connectivity index (χ3v) is 4.27. The van der Waals surface area contributed by atoms with E-state index in [1.165, 1.54) is 11.1 Å². The largest absolute Gasteiger partial charge is 0.444 e. The van der Waals surface area contributed by atoms with Crippen LogP contribution < -0.4 is 5.32 Å². The van der Waals surface area contributed by atoms with Crippen molar-refractivity contribution < 1.29 is 14.3 Å². The predicted molar refractivity (Wildman–Crippen MR) is 101 cm³/mol. The number of nitrogens with one attached hydrogen (secondary N) is 1. The Labute approximate surface area is 154 Å². The van der Waals surface area contributed by atoms with Crippen molar-refractivity contribution in [2.75, 3.05) is 13.2 Å². The average Bonchev–Trinajstić information content (AvgIpc) is 2.81. The summed E-state index contributed by atoms with van der Waals surface area (Å²) in [5.41, 5.74) is 4.26. The number of carbonyl (C=O) groups is 1. The SMILES string of the molecule is CC(C)(C)OC(=O)NC[C@H]1OCCCc2c(-c3ccncc3)cccc21. The molecule has 1 aromatic heterocycles. The minimum Gasteiger partial charge on any atom is -0.444 e. The van der Waals surface area contributed by atoms with Crippen LogP contribution >= 0.6 is 0 Å². The van der Waals surface area contributed by atoms with Gasteiger partial charge in [-0.05, 0) is 68.0 Å². The third-order valence-electron chi connectivity index (χ3n) is 4.27. The van der Waals surface area contributed by atoms with Gasteiger partial charge in [-0.1, -0.05) is 18.2 Å². The van der Waals surface area contributed by atoms with Crippen molar-refractivity contribution in [3.05, 3.63) is 53.9 Å². The molecule has 0 radical (unpaired) electrons. The first-order chi connectivity index (χ1) is 12.4. The van der Waals surface area contributed by atoms with Crippen molar-refractivity contribution in [1.29, 1.82) is 0 Å². The summed E-state index contributed by atoms with van der Waals surface area (Å²) in [4.78, 5) is 16.1. The summed E-state index contributed by atoms with van der Waals surface area (Å²) >= 11 is 0. The molecule has 1 aliphatic rings. The lowest BCUT2D eigenvalue weighted by Crippen LogP contribution is -2.35. The monoisotopic (exact) mass is 354 g/mol. The van der Waals surface area contributed by atoms with E-state index < -0.39 is 11.7 Å². The summed E-state index contributed by atoms with van der Waals surface area (Å²) in [6.07, 6.45) is 4.93. The van der Waals surface area contributed by atoms with Crippen LogP contribution in [0.3, 0.4) is 0 Å². The van der Waals surface area contributed by atoms with E-state index in [4.69, 9.17) is 9.47 Å². The van der Waals surface area contributed by atoms with Crippen LogP contribution in [0.2, 0.25) is 0 Å². The summed E-state index contributed by atoms with van der Waals surface area (Å²) in [5.74, 6) is 0. The summed E-state index contributed by atoms with van der Waals surface area (Å²) in [5, 5.41) is 2.84. The Kier molecular flexibility index (Phi) is 5.57. The Balaban J connectivity index is 1.82. The first-order valence-corrected chi connectivity index (χ1v) is 9.05. The molecule has 26 heavy (non-hydrogen) atoms. The van der Waals surface area contributed by atoms with Crippen LogP contribution in [0.4, 0.5) is 4.79 Å². The number of aromatic nitrogens is 1. The Bertz CT molecular complexity index is 754. The molecule has 1 atom stereocenters. The molecule has 5 heteroatoms. The zero-order valence-corrected chi connectivity index (χ0v) is 15.6.